The Balaban J connectivity index is 1.95. The van der Waals surface area contributed by atoms with Gasteiger partial charge < -0.3 is 9.47 Å². The average Bonchev–Trinajstić information content (AvgIpc) is 2.66. The molecule has 144 valence electrons. The minimum atomic E-state index is -0.340. The van der Waals surface area contributed by atoms with Gasteiger partial charge in [0.1, 0.15) is 5.56 Å². The summed E-state index contributed by atoms with van der Waals surface area (Å²) in [5.74, 6) is -0.340. The fourth-order valence-electron chi connectivity index (χ4n) is 2.99. The summed E-state index contributed by atoms with van der Waals surface area (Å²) in [4.78, 5) is 27.8. The van der Waals surface area contributed by atoms with Crippen LogP contribution < -0.4 is 10.5 Å². The summed E-state index contributed by atoms with van der Waals surface area (Å²) in [5, 5.41) is 1.22. The van der Waals surface area contributed by atoms with E-state index in [9.17, 15) is 9.59 Å². The number of benzene rings is 2. The summed E-state index contributed by atoms with van der Waals surface area (Å²) >= 11 is 11.9. The minimum Gasteiger partial charge on any atom is -0.310 e. The predicted molar refractivity (Wildman–Crippen MR) is 115 cm³/mol. The quantitative estimate of drug-likeness (QED) is 0.571. The van der Waals surface area contributed by atoms with E-state index in [-0.39, 0.29) is 23.1 Å². The van der Waals surface area contributed by atoms with E-state index in [1.165, 1.54) is 4.57 Å². The molecule has 6 heteroatoms. The minimum absolute atomic E-state index is 0.125. The Morgan fingerprint density at radius 3 is 2.11 bits per heavy atom. The Labute approximate surface area is 173 Å². The molecule has 0 bridgehead atoms. The van der Waals surface area contributed by atoms with Crippen LogP contribution in [0.4, 0.5) is 5.69 Å². The summed E-state index contributed by atoms with van der Waals surface area (Å²) in [5.41, 5.74) is 1.41. The molecule has 28 heavy (non-hydrogen) atoms. The van der Waals surface area contributed by atoms with E-state index in [0.29, 0.717) is 22.3 Å². The SMILES string of the molecule is CC(C)N(C(=O)c1cccn(Cc2ccc(Cl)cc2)c1=O)c1ccc(Cl)cc1. The molecule has 0 saturated carbocycles. The molecule has 0 aliphatic carbocycles. The van der Waals surface area contributed by atoms with Crippen LogP contribution in [0.25, 0.3) is 0 Å². The van der Waals surface area contributed by atoms with Gasteiger partial charge in [0, 0.05) is 28.0 Å². The Morgan fingerprint density at radius 1 is 0.964 bits per heavy atom. The largest absolute Gasteiger partial charge is 0.310 e. The van der Waals surface area contributed by atoms with Gasteiger partial charge in [-0.1, -0.05) is 35.3 Å². The number of rotatable bonds is 5. The molecule has 0 fully saturated rings. The van der Waals surface area contributed by atoms with Crippen molar-refractivity contribution in [2.45, 2.75) is 26.4 Å². The van der Waals surface area contributed by atoms with Crippen LogP contribution >= 0.6 is 23.2 Å². The molecule has 3 rings (SSSR count). The molecule has 3 aromatic rings. The summed E-state index contributed by atoms with van der Waals surface area (Å²) in [6, 6.07) is 17.4. The van der Waals surface area contributed by atoms with Crippen LogP contribution in [-0.2, 0) is 6.54 Å². The van der Waals surface area contributed by atoms with Crippen molar-refractivity contribution in [2.75, 3.05) is 4.90 Å². The number of anilines is 1. The number of carbonyl (C=O) groups excluding carboxylic acids is 1. The van der Waals surface area contributed by atoms with E-state index in [1.54, 1.807) is 59.6 Å². The van der Waals surface area contributed by atoms with Crippen LogP contribution in [0.2, 0.25) is 10.0 Å². The van der Waals surface area contributed by atoms with E-state index in [0.717, 1.165) is 5.56 Å². The van der Waals surface area contributed by atoms with E-state index in [4.69, 9.17) is 23.2 Å². The third-order valence-electron chi connectivity index (χ3n) is 4.36. The summed E-state index contributed by atoms with van der Waals surface area (Å²) in [6.45, 7) is 4.17. The Bertz CT molecular complexity index is 1030. The maximum atomic E-state index is 13.2. The number of aromatic nitrogens is 1. The highest BCUT2D eigenvalue weighted by Crippen LogP contribution is 2.22. The highest BCUT2D eigenvalue weighted by Gasteiger charge is 2.23. The Morgan fingerprint density at radius 2 is 1.54 bits per heavy atom. The Kier molecular flexibility index (Phi) is 6.22. The van der Waals surface area contributed by atoms with Crippen molar-refractivity contribution in [3.05, 3.63) is 98.4 Å². The Hall–Kier alpha value is -2.56. The molecule has 0 N–H and O–H groups in total. The van der Waals surface area contributed by atoms with Gasteiger partial charge in [0.05, 0.1) is 6.54 Å². The van der Waals surface area contributed by atoms with E-state index >= 15 is 0 Å². The standard InChI is InChI=1S/C22H20Cl2N2O2/c1-15(2)26(19-11-9-18(24)10-12-19)22(28)20-4-3-13-25(21(20)27)14-16-5-7-17(23)8-6-16/h3-13,15H,14H2,1-2H3. The molecule has 4 nitrogen and oxygen atoms in total. The van der Waals surface area contributed by atoms with Crippen molar-refractivity contribution in [3.63, 3.8) is 0 Å². The van der Waals surface area contributed by atoms with Crippen molar-refractivity contribution >= 4 is 34.8 Å². The number of hydrogen-bond acceptors (Lipinski definition) is 2. The molecule has 1 amide bonds. The maximum Gasteiger partial charge on any atom is 0.264 e. The van der Waals surface area contributed by atoms with Crippen molar-refractivity contribution in [1.82, 2.24) is 4.57 Å². The predicted octanol–water partition coefficient (Wildman–Crippen LogP) is 5.26. The molecule has 1 heterocycles. The first-order chi connectivity index (χ1) is 13.4. The summed E-state index contributed by atoms with van der Waals surface area (Å²) in [7, 11) is 0. The lowest BCUT2D eigenvalue weighted by Crippen LogP contribution is -2.40. The summed E-state index contributed by atoms with van der Waals surface area (Å²) < 4.78 is 1.52. The lowest BCUT2D eigenvalue weighted by atomic mass is 10.1. The number of carbonyl (C=O) groups is 1. The fraction of sp³-hybridized carbons (Fsp3) is 0.182. The van der Waals surface area contributed by atoms with Crippen molar-refractivity contribution in [2.24, 2.45) is 0 Å². The highest BCUT2D eigenvalue weighted by atomic mass is 35.5. The number of amides is 1. The molecule has 2 aromatic carbocycles. The zero-order valence-electron chi connectivity index (χ0n) is 15.6. The molecule has 0 atom stereocenters. The topological polar surface area (TPSA) is 42.3 Å². The molecule has 0 aliphatic heterocycles. The third-order valence-corrected chi connectivity index (χ3v) is 4.86. The zero-order valence-corrected chi connectivity index (χ0v) is 17.1. The number of halogens is 2. The van der Waals surface area contributed by atoms with Crippen LogP contribution in [0.5, 0.6) is 0 Å². The second kappa shape index (κ2) is 8.63. The van der Waals surface area contributed by atoms with Gasteiger partial charge in [0.2, 0.25) is 0 Å². The van der Waals surface area contributed by atoms with E-state index in [1.807, 2.05) is 26.0 Å². The molecule has 0 unspecified atom stereocenters. The van der Waals surface area contributed by atoms with Crippen molar-refractivity contribution in [1.29, 1.82) is 0 Å². The molecule has 0 saturated heterocycles. The first kappa shape index (κ1) is 20.2. The van der Waals surface area contributed by atoms with Gasteiger partial charge in [-0.3, -0.25) is 9.59 Å². The van der Waals surface area contributed by atoms with E-state index < -0.39 is 0 Å². The molecule has 0 spiro atoms. The van der Waals surface area contributed by atoms with Gasteiger partial charge >= 0.3 is 0 Å². The molecular weight excluding hydrogens is 395 g/mol. The fourth-order valence-corrected chi connectivity index (χ4v) is 3.24. The van der Waals surface area contributed by atoms with Crippen LogP contribution in [0.3, 0.4) is 0 Å². The van der Waals surface area contributed by atoms with E-state index in [2.05, 4.69) is 0 Å². The lowest BCUT2D eigenvalue weighted by Gasteiger charge is -2.27. The van der Waals surface area contributed by atoms with Gasteiger partial charge in [-0.2, -0.15) is 0 Å². The second-order valence-electron chi connectivity index (χ2n) is 6.73. The van der Waals surface area contributed by atoms with Crippen molar-refractivity contribution < 1.29 is 4.79 Å². The third kappa shape index (κ3) is 4.46. The smallest absolute Gasteiger partial charge is 0.264 e. The molecular formula is C22H20Cl2N2O2. The van der Waals surface area contributed by atoms with Crippen LogP contribution in [0, 0.1) is 0 Å². The summed E-state index contributed by atoms with van der Waals surface area (Å²) in [6.07, 6.45) is 1.68. The molecule has 0 aliphatic rings. The van der Waals surface area contributed by atoms with Gasteiger partial charge in [0.25, 0.3) is 11.5 Å². The first-order valence-electron chi connectivity index (χ1n) is 8.90. The van der Waals surface area contributed by atoms with Gasteiger partial charge in [0.15, 0.2) is 0 Å². The van der Waals surface area contributed by atoms with Gasteiger partial charge in [-0.25, -0.2) is 0 Å². The lowest BCUT2D eigenvalue weighted by molar-refractivity contribution is 0.0978. The monoisotopic (exact) mass is 414 g/mol. The molecule has 0 radical (unpaired) electrons. The number of nitrogens with zero attached hydrogens (tertiary/aromatic N) is 2. The average molecular weight is 415 g/mol. The number of hydrogen-bond donors (Lipinski definition) is 0. The van der Waals surface area contributed by atoms with Crippen molar-refractivity contribution in [3.8, 4) is 0 Å². The van der Waals surface area contributed by atoms with Gasteiger partial charge in [-0.15, -0.1) is 0 Å². The number of pyridine rings is 1. The normalized spacial score (nSPS) is 10.9. The van der Waals surface area contributed by atoms with Crippen LogP contribution in [-0.4, -0.2) is 16.5 Å². The van der Waals surface area contributed by atoms with Crippen LogP contribution in [0.1, 0.15) is 29.8 Å². The highest BCUT2D eigenvalue weighted by molar-refractivity contribution is 6.30. The van der Waals surface area contributed by atoms with Crippen LogP contribution in [0.15, 0.2) is 71.7 Å². The zero-order chi connectivity index (χ0) is 20.3. The second-order valence-corrected chi connectivity index (χ2v) is 7.60. The maximum absolute atomic E-state index is 13.2. The molecule has 1 aromatic heterocycles. The van der Waals surface area contributed by atoms with Gasteiger partial charge in [-0.05, 0) is 67.9 Å². The first-order valence-corrected chi connectivity index (χ1v) is 9.65.